The van der Waals surface area contributed by atoms with Crippen LogP contribution in [0.3, 0.4) is 0 Å². The summed E-state index contributed by atoms with van der Waals surface area (Å²) < 4.78 is 40.9. The van der Waals surface area contributed by atoms with E-state index in [1.54, 1.807) is 19.9 Å². The third-order valence-electron chi connectivity index (χ3n) is 9.87. The molecule has 19 nitrogen and oxygen atoms in total. The maximum Gasteiger partial charge on any atom is 0.239 e. The average Bonchev–Trinajstić information content (AvgIpc) is 3.16. The minimum Gasteiger partial charge on any atom is -0.508 e. The summed E-state index contributed by atoms with van der Waals surface area (Å²) in [6, 6.07) is 6.37. The summed E-state index contributed by atoms with van der Waals surface area (Å²) in [6.45, 7) is 3.78. The summed E-state index contributed by atoms with van der Waals surface area (Å²) in [5.41, 5.74) is -0.140. The molecule has 3 aliphatic heterocycles. The van der Waals surface area contributed by atoms with Gasteiger partial charge in [-0.15, -0.1) is 0 Å². The zero-order valence-electron chi connectivity index (χ0n) is 30.4. The SMILES string of the molecule is CC(C)=CCc1c(O[C@@H]2OC(CO)[C@@H](O)[C@H](O)C2O)cc(O)c2c(=O)c(O[C@@H]3OC(C)[C@H](O)[C@H](O)C3O[C@@H]3OC[C@@H](O)C(O)C3O)c(-c3ccc(O)cc3)oc12. The monoisotopic (exact) mass is 794 g/mol. The Morgan fingerprint density at radius 2 is 1.50 bits per heavy atom. The minimum atomic E-state index is -1.83. The number of allylic oxidation sites excluding steroid dienone is 2. The van der Waals surface area contributed by atoms with Crippen LogP contribution in [0, 0.1) is 0 Å². The average molecular weight is 795 g/mol. The first-order valence-corrected chi connectivity index (χ1v) is 17.8. The lowest BCUT2D eigenvalue weighted by atomic mass is 9.98. The van der Waals surface area contributed by atoms with Gasteiger partial charge in [0.25, 0.3) is 0 Å². The number of hydrogen-bond donors (Lipinski definition) is 11. The maximum atomic E-state index is 14.6. The van der Waals surface area contributed by atoms with E-state index in [0.717, 1.165) is 11.6 Å². The smallest absolute Gasteiger partial charge is 0.239 e. The van der Waals surface area contributed by atoms with Crippen LogP contribution in [-0.2, 0) is 25.4 Å². The molecule has 11 N–H and O–H groups in total. The number of hydrogen-bond acceptors (Lipinski definition) is 19. The van der Waals surface area contributed by atoms with E-state index < -0.39 is 122 Å². The molecule has 3 aliphatic rings. The molecule has 19 heteroatoms. The predicted octanol–water partition coefficient (Wildman–Crippen LogP) is -1.77. The lowest BCUT2D eigenvalue weighted by Gasteiger charge is -2.44. The molecule has 1 aromatic heterocycles. The van der Waals surface area contributed by atoms with Crippen molar-refractivity contribution in [2.75, 3.05) is 13.2 Å². The summed E-state index contributed by atoms with van der Waals surface area (Å²) in [5, 5.41) is 115. The number of aromatic hydroxyl groups is 2. The number of aliphatic hydroxyl groups excluding tert-OH is 9. The van der Waals surface area contributed by atoms with Gasteiger partial charge in [0.05, 0.1) is 19.3 Å². The predicted molar refractivity (Wildman–Crippen MR) is 188 cm³/mol. The van der Waals surface area contributed by atoms with Crippen LogP contribution in [0.25, 0.3) is 22.3 Å². The summed E-state index contributed by atoms with van der Waals surface area (Å²) in [4.78, 5) is 14.6. The van der Waals surface area contributed by atoms with E-state index in [1.807, 2.05) is 0 Å². The molecular weight excluding hydrogens is 748 g/mol. The first kappa shape index (κ1) is 41.7. The molecule has 6 rings (SSSR count). The number of rotatable bonds is 10. The third kappa shape index (κ3) is 8.09. The van der Waals surface area contributed by atoms with Crippen molar-refractivity contribution in [1.29, 1.82) is 0 Å². The van der Waals surface area contributed by atoms with Crippen molar-refractivity contribution in [3.63, 3.8) is 0 Å². The Hall–Kier alpha value is -3.93. The largest absolute Gasteiger partial charge is 0.508 e. The second-order valence-corrected chi connectivity index (χ2v) is 14.2. The van der Waals surface area contributed by atoms with Crippen molar-refractivity contribution in [1.82, 2.24) is 0 Å². The first-order valence-electron chi connectivity index (χ1n) is 17.8. The molecule has 0 radical (unpaired) electrons. The molecule has 3 aromatic rings. The van der Waals surface area contributed by atoms with E-state index >= 15 is 0 Å². The fourth-order valence-electron chi connectivity index (χ4n) is 6.58. The van der Waals surface area contributed by atoms with Crippen LogP contribution in [0.1, 0.15) is 26.3 Å². The number of phenols is 2. The topological polar surface area (TPSA) is 308 Å². The molecule has 308 valence electrons. The third-order valence-corrected chi connectivity index (χ3v) is 9.87. The Bertz CT molecular complexity index is 1930. The van der Waals surface area contributed by atoms with Gasteiger partial charge in [-0.25, -0.2) is 0 Å². The minimum absolute atomic E-state index is 0.00244. The molecular formula is C37H46O19. The van der Waals surface area contributed by atoms with Gasteiger partial charge in [-0.1, -0.05) is 11.6 Å². The van der Waals surface area contributed by atoms with Gasteiger partial charge in [0.15, 0.2) is 18.2 Å². The van der Waals surface area contributed by atoms with Gasteiger partial charge in [-0.05, 0) is 51.5 Å². The van der Waals surface area contributed by atoms with E-state index in [4.69, 9.17) is 32.8 Å². The molecule has 3 saturated heterocycles. The van der Waals surface area contributed by atoms with Gasteiger partial charge in [-0.3, -0.25) is 4.79 Å². The summed E-state index contributed by atoms with van der Waals surface area (Å²) in [7, 11) is 0. The summed E-state index contributed by atoms with van der Waals surface area (Å²) >= 11 is 0. The molecule has 14 atom stereocenters. The molecule has 6 unspecified atom stereocenters. The van der Waals surface area contributed by atoms with Gasteiger partial charge in [0, 0.05) is 17.2 Å². The van der Waals surface area contributed by atoms with E-state index in [-0.39, 0.29) is 40.4 Å². The van der Waals surface area contributed by atoms with Crippen LogP contribution in [-0.4, -0.2) is 155 Å². The Morgan fingerprint density at radius 3 is 2.16 bits per heavy atom. The van der Waals surface area contributed by atoms with Crippen LogP contribution < -0.4 is 14.9 Å². The van der Waals surface area contributed by atoms with Crippen LogP contribution in [0.15, 0.2) is 51.2 Å². The number of fused-ring (bicyclic) bond motifs is 1. The molecule has 0 saturated carbocycles. The molecule has 2 aromatic carbocycles. The van der Waals surface area contributed by atoms with Crippen molar-refractivity contribution >= 4 is 11.0 Å². The van der Waals surface area contributed by atoms with Crippen LogP contribution in [0.5, 0.6) is 23.0 Å². The fraction of sp³-hybridized carbons (Fsp3) is 0.541. The van der Waals surface area contributed by atoms with Crippen molar-refractivity contribution in [2.24, 2.45) is 0 Å². The zero-order chi connectivity index (χ0) is 40.7. The highest BCUT2D eigenvalue weighted by Gasteiger charge is 2.50. The highest BCUT2D eigenvalue weighted by Crippen LogP contribution is 2.42. The molecule has 4 heterocycles. The highest BCUT2D eigenvalue weighted by atomic mass is 16.8. The maximum absolute atomic E-state index is 14.6. The summed E-state index contributed by atoms with van der Waals surface area (Å²) in [6.07, 6.45) is -21.2. The second-order valence-electron chi connectivity index (χ2n) is 14.2. The number of aliphatic hydroxyl groups is 9. The second kappa shape index (κ2) is 16.9. The molecule has 3 fully saturated rings. The van der Waals surface area contributed by atoms with Crippen molar-refractivity contribution in [3.05, 3.63) is 57.8 Å². The highest BCUT2D eigenvalue weighted by molar-refractivity contribution is 5.91. The Morgan fingerprint density at radius 1 is 0.821 bits per heavy atom. The molecule has 56 heavy (non-hydrogen) atoms. The molecule has 0 bridgehead atoms. The molecule has 0 aliphatic carbocycles. The summed E-state index contributed by atoms with van der Waals surface area (Å²) in [5.74, 6) is -1.95. The lowest BCUT2D eigenvalue weighted by molar-refractivity contribution is -0.341. The number of ether oxygens (including phenoxy) is 6. The lowest BCUT2D eigenvalue weighted by Crippen LogP contribution is -2.62. The normalized spacial score (nSPS) is 34.9. The van der Waals surface area contributed by atoms with Gasteiger partial charge in [0.1, 0.15) is 83.2 Å². The van der Waals surface area contributed by atoms with Gasteiger partial charge in [0.2, 0.25) is 23.8 Å². The number of benzene rings is 2. The Balaban J connectivity index is 1.49. The first-order chi connectivity index (χ1) is 26.5. The number of phenolic OH excluding ortho intramolecular Hbond substituents is 2. The fourth-order valence-corrected chi connectivity index (χ4v) is 6.58. The van der Waals surface area contributed by atoms with E-state index in [2.05, 4.69) is 0 Å². The van der Waals surface area contributed by atoms with Crippen LogP contribution in [0.4, 0.5) is 0 Å². The zero-order valence-corrected chi connectivity index (χ0v) is 30.4. The van der Waals surface area contributed by atoms with Crippen molar-refractivity contribution < 1.29 is 89.0 Å². The molecule has 0 spiro atoms. The van der Waals surface area contributed by atoms with Gasteiger partial charge in [-0.2, -0.15) is 0 Å². The Labute approximate surface area is 318 Å². The van der Waals surface area contributed by atoms with Crippen LogP contribution >= 0.6 is 0 Å². The van der Waals surface area contributed by atoms with Gasteiger partial charge >= 0.3 is 0 Å². The van der Waals surface area contributed by atoms with E-state index in [0.29, 0.717) is 0 Å². The molecule has 0 amide bonds. The standard InChI is InChI=1S/C37H46O19/c1-13(2)4-9-17-20(52-36-30(49)27(46)25(44)21(11-38)53-36)10-18(40)22-26(45)33(31(54-32(17)22)15-5-7-16(39)8-6-15)55-37-34(28(47)23(42)14(3)51-37)56-35-29(48)24(43)19(41)12-50-35/h4-8,10,14,19,21,23-25,27-30,34-44,46-49H,9,11-12H2,1-3H3/t14?,19-,21?,23+,24?,25-,27+,28+,29?,30?,34?,35+,36-,37+/m1/s1. The van der Waals surface area contributed by atoms with Gasteiger partial charge < -0.3 is 89.0 Å². The van der Waals surface area contributed by atoms with E-state index in [9.17, 15) is 61.0 Å². The quantitative estimate of drug-likeness (QED) is 0.101. The van der Waals surface area contributed by atoms with Crippen molar-refractivity contribution in [3.8, 4) is 34.3 Å². The van der Waals surface area contributed by atoms with E-state index in [1.165, 1.54) is 31.2 Å². The Kier molecular flexibility index (Phi) is 12.6. The van der Waals surface area contributed by atoms with Crippen molar-refractivity contribution in [2.45, 2.75) is 113 Å². The van der Waals surface area contributed by atoms with Crippen LogP contribution in [0.2, 0.25) is 0 Å².